The third kappa shape index (κ3) is 1.54. The molecule has 94 valence electrons. The van der Waals surface area contributed by atoms with E-state index in [4.69, 9.17) is 11.6 Å². The minimum atomic E-state index is -0.747. The van der Waals surface area contributed by atoms with E-state index in [0.29, 0.717) is 17.9 Å². The van der Waals surface area contributed by atoms with Gasteiger partial charge in [-0.15, -0.1) is 0 Å². The molecule has 0 aliphatic heterocycles. The number of aromatic nitrogens is 1. The summed E-state index contributed by atoms with van der Waals surface area (Å²) < 4.78 is 0. The molecule has 18 heavy (non-hydrogen) atoms. The Balaban J connectivity index is 2.20. The summed E-state index contributed by atoms with van der Waals surface area (Å²) in [5, 5.41) is 11.1. The first-order valence-electron chi connectivity index (χ1n) is 6.14. The minimum Gasteiger partial charge on any atom is -0.481 e. The maximum absolute atomic E-state index is 11.7. The first-order valence-corrected chi connectivity index (χ1v) is 6.52. The van der Waals surface area contributed by atoms with Crippen molar-refractivity contribution in [1.82, 2.24) is 4.98 Å². The number of aliphatic carboxylic acids is 1. The average Bonchev–Trinajstić information content (AvgIpc) is 2.98. The smallest absolute Gasteiger partial charge is 0.314 e. The van der Waals surface area contributed by atoms with Crippen LogP contribution in [0.5, 0.6) is 0 Å². The summed E-state index contributed by atoms with van der Waals surface area (Å²) in [6.45, 7) is 0. The highest BCUT2D eigenvalue weighted by atomic mass is 35.5. The zero-order valence-corrected chi connectivity index (χ0v) is 10.6. The van der Waals surface area contributed by atoms with Gasteiger partial charge in [-0.25, -0.2) is 0 Å². The number of carboxylic acid groups (broad SMARTS) is 1. The van der Waals surface area contributed by atoms with E-state index < -0.39 is 11.4 Å². The molecule has 3 nitrogen and oxygen atoms in total. The predicted octanol–water partition coefficient (Wildman–Crippen LogP) is 3.72. The highest BCUT2D eigenvalue weighted by Gasteiger charge is 2.43. The van der Waals surface area contributed by atoms with E-state index in [1.165, 1.54) is 0 Å². The van der Waals surface area contributed by atoms with Crippen LogP contribution in [0.3, 0.4) is 0 Å². The number of fused-ring (bicyclic) bond motifs is 1. The summed E-state index contributed by atoms with van der Waals surface area (Å²) in [6.07, 6.45) is 5.15. The predicted molar refractivity (Wildman–Crippen MR) is 71.1 cm³/mol. The van der Waals surface area contributed by atoms with Gasteiger partial charge in [0, 0.05) is 17.1 Å². The van der Waals surface area contributed by atoms with Gasteiger partial charge < -0.3 is 10.1 Å². The largest absolute Gasteiger partial charge is 0.481 e. The summed E-state index contributed by atoms with van der Waals surface area (Å²) in [4.78, 5) is 14.8. The fraction of sp³-hybridized carbons (Fsp3) is 0.357. The van der Waals surface area contributed by atoms with E-state index in [0.717, 1.165) is 29.3 Å². The Kier molecular flexibility index (Phi) is 2.59. The molecule has 0 radical (unpaired) electrons. The number of rotatable bonds is 2. The zero-order chi connectivity index (χ0) is 12.8. The maximum atomic E-state index is 11.7. The quantitative estimate of drug-likeness (QED) is 0.868. The number of benzene rings is 1. The van der Waals surface area contributed by atoms with Crippen molar-refractivity contribution in [3.63, 3.8) is 0 Å². The second-order valence-electron chi connectivity index (χ2n) is 4.99. The Morgan fingerprint density at radius 1 is 1.33 bits per heavy atom. The van der Waals surface area contributed by atoms with Gasteiger partial charge in [-0.1, -0.05) is 24.4 Å². The fourth-order valence-corrected chi connectivity index (χ4v) is 3.28. The van der Waals surface area contributed by atoms with Crippen molar-refractivity contribution in [3.8, 4) is 0 Å². The molecule has 0 bridgehead atoms. The maximum Gasteiger partial charge on any atom is 0.314 e. The Bertz CT molecular complexity index is 611. The minimum absolute atomic E-state index is 0.622. The first-order chi connectivity index (χ1) is 8.63. The fourth-order valence-electron chi connectivity index (χ4n) is 3.00. The number of hydrogen-bond donors (Lipinski definition) is 2. The Morgan fingerprint density at radius 3 is 2.72 bits per heavy atom. The molecule has 1 aliphatic carbocycles. The van der Waals surface area contributed by atoms with Crippen LogP contribution in [0.25, 0.3) is 10.9 Å². The van der Waals surface area contributed by atoms with E-state index >= 15 is 0 Å². The molecule has 2 N–H and O–H groups in total. The van der Waals surface area contributed by atoms with Crippen LogP contribution >= 0.6 is 11.6 Å². The van der Waals surface area contributed by atoms with Crippen LogP contribution in [-0.4, -0.2) is 16.1 Å². The van der Waals surface area contributed by atoms with Crippen molar-refractivity contribution in [2.75, 3.05) is 0 Å². The molecule has 1 aliphatic rings. The van der Waals surface area contributed by atoms with Crippen molar-refractivity contribution in [2.45, 2.75) is 31.1 Å². The van der Waals surface area contributed by atoms with Gasteiger partial charge in [0.1, 0.15) is 0 Å². The number of aromatic amines is 1. The molecule has 1 aromatic carbocycles. The highest BCUT2D eigenvalue weighted by Crippen LogP contribution is 2.43. The van der Waals surface area contributed by atoms with Crippen LogP contribution < -0.4 is 0 Å². The van der Waals surface area contributed by atoms with Gasteiger partial charge in [-0.05, 0) is 36.6 Å². The van der Waals surface area contributed by atoms with E-state index in [9.17, 15) is 9.90 Å². The van der Waals surface area contributed by atoms with Crippen LogP contribution in [-0.2, 0) is 10.2 Å². The molecule has 3 rings (SSSR count). The van der Waals surface area contributed by atoms with Gasteiger partial charge in [-0.3, -0.25) is 4.79 Å². The number of halogens is 1. The Labute approximate surface area is 110 Å². The average molecular weight is 264 g/mol. The Hall–Kier alpha value is -1.48. The van der Waals surface area contributed by atoms with Gasteiger partial charge in [0.25, 0.3) is 0 Å². The standard InChI is InChI=1S/C14H14ClNO2/c15-11-7-9(8-12-10(11)3-6-16-12)14(13(17)18)4-1-2-5-14/h3,6-8,16H,1-2,4-5H2,(H,17,18). The molecule has 0 saturated heterocycles. The summed E-state index contributed by atoms with van der Waals surface area (Å²) >= 11 is 6.24. The second kappa shape index (κ2) is 4.02. The van der Waals surface area contributed by atoms with Crippen molar-refractivity contribution in [1.29, 1.82) is 0 Å². The van der Waals surface area contributed by atoms with Crippen molar-refractivity contribution >= 4 is 28.5 Å². The van der Waals surface area contributed by atoms with E-state index in [2.05, 4.69) is 4.98 Å². The van der Waals surface area contributed by atoms with Crippen molar-refractivity contribution in [3.05, 3.63) is 35.0 Å². The summed E-state index contributed by atoms with van der Waals surface area (Å²) in [6, 6.07) is 5.65. The van der Waals surface area contributed by atoms with E-state index in [1.807, 2.05) is 24.4 Å². The third-order valence-corrected chi connectivity index (χ3v) is 4.35. The van der Waals surface area contributed by atoms with Crippen molar-refractivity contribution < 1.29 is 9.90 Å². The number of carbonyl (C=O) groups is 1. The number of H-pyrrole nitrogens is 1. The van der Waals surface area contributed by atoms with Gasteiger partial charge in [0.05, 0.1) is 10.4 Å². The molecule has 1 fully saturated rings. The molecule has 1 saturated carbocycles. The summed E-state index contributed by atoms with van der Waals surface area (Å²) in [5.74, 6) is -0.734. The van der Waals surface area contributed by atoms with Crippen LogP contribution in [0.4, 0.5) is 0 Å². The second-order valence-corrected chi connectivity index (χ2v) is 5.40. The lowest BCUT2D eigenvalue weighted by Gasteiger charge is -2.24. The zero-order valence-electron chi connectivity index (χ0n) is 9.87. The highest BCUT2D eigenvalue weighted by molar-refractivity contribution is 6.35. The molecule has 2 aromatic rings. The number of nitrogens with one attached hydrogen (secondary N) is 1. The lowest BCUT2D eigenvalue weighted by molar-refractivity contribution is -0.143. The van der Waals surface area contributed by atoms with Crippen molar-refractivity contribution in [2.24, 2.45) is 0 Å². The third-order valence-electron chi connectivity index (χ3n) is 4.04. The van der Waals surface area contributed by atoms with Crippen LogP contribution in [0.2, 0.25) is 5.02 Å². The van der Waals surface area contributed by atoms with Gasteiger partial charge in [0.15, 0.2) is 0 Å². The monoisotopic (exact) mass is 263 g/mol. The lowest BCUT2D eigenvalue weighted by atomic mass is 9.79. The van der Waals surface area contributed by atoms with Crippen LogP contribution in [0.1, 0.15) is 31.2 Å². The molecule has 1 heterocycles. The molecule has 0 amide bonds. The van der Waals surface area contributed by atoms with Gasteiger partial charge in [0.2, 0.25) is 0 Å². The SMILES string of the molecule is O=C(O)C1(c2cc(Cl)c3cc[nH]c3c2)CCCC1. The van der Waals surface area contributed by atoms with Gasteiger partial charge >= 0.3 is 5.97 Å². The molecule has 0 atom stereocenters. The first kappa shape index (κ1) is 11.6. The number of carboxylic acids is 1. The van der Waals surface area contributed by atoms with E-state index in [-0.39, 0.29) is 0 Å². The molecule has 0 unspecified atom stereocenters. The van der Waals surface area contributed by atoms with Crippen LogP contribution in [0, 0.1) is 0 Å². The summed E-state index contributed by atoms with van der Waals surface area (Å²) in [7, 11) is 0. The summed E-state index contributed by atoms with van der Waals surface area (Å²) in [5.41, 5.74) is 0.987. The molecule has 0 spiro atoms. The molecule has 1 aromatic heterocycles. The van der Waals surface area contributed by atoms with E-state index in [1.54, 1.807) is 0 Å². The van der Waals surface area contributed by atoms with Crippen LogP contribution in [0.15, 0.2) is 24.4 Å². The molecular weight excluding hydrogens is 250 g/mol. The lowest BCUT2D eigenvalue weighted by Crippen LogP contribution is -2.32. The molecular formula is C14H14ClNO2. The van der Waals surface area contributed by atoms with Gasteiger partial charge in [-0.2, -0.15) is 0 Å². The molecule has 4 heteroatoms. The topological polar surface area (TPSA) is 53.1 Å². The normalized spacial score (nSPS) is 18.3. The Morgan fingerprint density at radius 2 is 2.06 bits per heavy atom. The number of hydrogen-bond acceptors (Lipinski definition) is 1.